The first kappa shape index (κ1) is 70.4. The van der Waals surface area contributed by atoms with E-state index in [1.807, 2.05) is 19.1 Å². The number of hydrogen-bond acceptors (Lipinski definition) is 15. The highest BCUT2D eigenvalue weighted by Gasteiger charge is 2.31. The molecule has 1 aliphatic carbocycles. The van der Waals surface area contributed by atoms with Gasteiger partial charge in [0.25, 0.3) is 35.4 Å². The number of nitrogens with two attached hydrogens (primary N) is 6. The quantitative estimate of drug-likeness (QED) is 0.0341. The molecule has 28 heteroatoms. The average Bonchev–Trinajstić information content (AvgIpc) is 1.64. The highest BCUT2D eigenvalue weighted by atomic mass is 19.1. The predicted molar refractivity (Wildman–Crippen MR) is 362 cm³/mol. The van der Waals surface area contributed by atoms with Gasteiger partial charge in [-0.25, -0.2) is 31.6 Å². The first-order valence-electron chi connectivity index (χ1n) is 31.9. The van der Waals surface area contributed by atoms with Crippen LogP contribution in [0, 0.1) is 37.1 Å². The van der Waals surface area contributed by atoms with Gasteiger partial charge in [-0.15, -0.1) is 0 Å². The zero-order valence-corrected chi connectivity index (χ0v) is 54.5. The number of rotatable bonds is 19. The van der Waals surface area contributed by atoms with Gasteiger partial charge in [-0.05, 0) is 118 Å². The van der Waals surface area contributed by atoms with Crippen LogP contribution in [0.5, 0.6) is 5.75 Å². The van der Waals surface area contributed by atoms with E-state index in [2.05, 4.69) is 31.2 Å². The normalized spacial score (nSPS) is 15.1. The van der Waals surface area contributed by atoms with E-state index in [-0.39, 0.29) is 106 Å². The summed E-state index contributed by atoms with van der Waals surface area (Å²) in [6.45, 7) is 5.40. The molecule has 516 valence electrons. The van der Waals surface area contributed by atoms with Gasteiger partial charge in [0.15, 0.2) is 0 Å². The molecule has 9 aromatic rings. The van der Waals surface area contributed by atoms with Crippen LogP contribution in [0.25, 0.3) is 33.8 Å². The van der Waals surface area contributed by atoms with Crippen LogP contribution in [0.4, 0.5) is 35.0 Å². The van der Waals surface area contributed by atoms with E-state index in [4.69, 9.17) is 48.6 Å². The summed E-state index contributed by atoms with van der Waals surface area (Å²) in [7, 11) is 1.47. The van der Waals surface area contributed by atoms with E-state index < -0.39 is 52.8 Å². The summed E-state index contributed by atoms with van der Waals surface area (Å²) in [6, 6.07) is 30.7. The van der Waals surface area contributed by atoms with Crippen LogP contribution in [0.3, 0.4) is 0 Å². The molecule has 5 heterocycles. The fourth-order valence-electron chi connectivity index (χ4n) is 12.1. The van der Waals surface area contributed by atoms with Crippen LogP contribution in [-0.2, 0) is 29.1 Å². The lowest BCUT2D eigenvalue weighted by atomic mass is 10.0. The summed E-state index contributed by atoms with van der Waals surface area (Å²) >= 11 is 0. The third-order valence-corrected chi connectivity index (χ3v) is 17.5. The molecular formula is C71H75F4N15O9. The smallest absolute Gasteiger partial charge is 0.255 e. The number of nitrogens with one attached hydrogen (secondary N) is 3. The number of primary amides is 3. The summed E-state index contributed by atoms with van der Waals surface area (Å²) < 4.78 is 78.6. The minimum Gasteiger partial charge on any atom is -0.496 e. The number of aromatic nitrogens is 6. The van der Waals surface area contributed by atoms with Crippen molar-refractivity contribution in [2.24, 2.45) is 17.2 Å². The molecule has 12 rings (SSSR count). The van der Waals surface area contributed by atoms with Crippen molar-refractivity contribution in [2.75, 3.05) is 50.7 Å². The molecule has 15 N–H and O–H groups in total. The number of anilines is 3. The van der Waals surface area contributed by atoms with E-state index in [0.717, 1.165) is 50.2 Å². The van der Waals surface area contributed by atoms with Crippen molar-refractivity contribution in [3.63, 3.8) is 0 Å². The second kappa shape index (κ2) is 31.2. The van der Waals surface area contributed by atoms with Crippen molar-refractivity contribution in [1.29, 1.82) is 0 Å². The number of amides is 6. The Morgan fingerprint density at radius 1 is 0.475 bits per heavy atom. The molecule has 2 saturated heterocycles. The minimum atomic E-state index is -0.769. The zero-order chi connectivity index (χ0) is 70.8. The number of methoxy groups -OCH3 is 1. The van der Waals surface area contributed by atoms with Gasteiger partial charge in [0.1, 0.15) is 80.2 Å². The van der Waals surface area contributed by atoms with E-state index in [9.17, 15) is 46.3 Å². The van der Waals surface area contributed by atoms with Crippen LogP contribution in [0.15, 0.2) is 121 Å². The van der Waals surface area contributed by atoms with Crippen molar-refractivity contribution in [2.45, 2.75) is 96.6 Å². The molecule has 2 atom stereocenters. The Kier molecular flexibility index (Phi) is 22.2. The van der Waals surface area contributed by atoms with Gasteiger partial charge in [0.2, 0.25) is 0 Å². The SMILES string of the molecule is COc1ccccc1C(=O)NCc1cc(-c2nn(C3CCCC3)c(N)c2C(N)=O)ccc1F.Cc1ccc(F)cc1C(=O)NCc1ccc(-c2nn(C3CCOC3)c(N)c2C(N)=O)cc1F.Cc1ccccc1C(=O)NCc1ccc(-c2nn(C3CCCOC3)c(N)c2C(N)=O)cc1F. The summed E-state index contributed by atoms with van der Waals surface area (Å²) in [4.78, 5) is 73.8. The highest BCUT2D eigenvalue weighted by Crippen LogP contribution is 2.38. The second-order valence-electron chi connectivity index (χ2n) is 24.0. The van der Waals surface area contributed by atoms with Gasteiger partial charge < -0.3 is 64.6 Å². The molecule has 2 aliphatic heterocycles. The first-order valence-corrected chi connectivity index (χ1v) is 31.9. The predicted octanol–water partition coefficient (Wildman–Crippen LogP) is 9.09. The Hall–Kier alpha value is -11.4. The molecule has 0 radical (unpaired) electrons. The topological polar surface area (TPSA) is 376 Å². The Morgan fingerprint density at radius 2 is 0.909 bits per heavy atom. The Morgan fingerprint density at radius 3 is 1.40 bits per heavy atom. The molecule has 24 nitrogen and oxygen atoms in total. The number of ether oxygens (including phenoxy) is 3. The van der Waals surface area contributed by atoms with Crippen molar-refractivity contribution < 1.29 is 60.5 Å². The third-order valence-electron chi connectivity index (χ3n) is 17.5. The lowest BCUT2D eigenvalue weighted by Crippen LogP contribution is -2.24. The van der Waals surface area contributed by atoms with Gasteiger partial charge in [0, 0.05) is 77.4 Å². The number of carbonyl (C=O) groups is 6. The van der Waals surface area contributed by atoms with Gasteiger partial charge in [-0.1, -0.05) is 73.5 Å². The fourth-order valence-corrected chi connectivity index (χ4v) is 12.1. The third kappa shape index (κ3) is 15.9. The molecule has 6 amide bonds. The Bertz CT molecular complexity index is 4530. The first-order chi connectivity index (χ1) is 47.5. The fraction of sp³-hybridized carbons (Fsp3) is 0.282. The number of hydrogen-bond donors (Lipinski definition) is 9. The summed E-state index contributed by atoms with van der Waals surface area (Å²) in [5.74, 6) is -4.69. The van der Waals surface area contributed by atoms with E-state index in [1.54, 1.807) is 77.0 Å². The van der Waals surface area contributed by atoms with Gasteiger partial charge >= 0.3 is 0 Å². The standard InChI is InChI=1S/2C24H26FN5O3.C23H23F2N5O3/c1-33-19-9-5-4-8-17(19)24(32)28-13-15-12-14(10-11-18(15)25)21-20(23(27)31)22(26)30(29-21)16-6-2-3-7-16;1-14-5-2-3-7-18(14)24(32)28-12-16-9-8-15(11-19(16)25)21-20(23(27)31)22(26)30(29-21)17-6-4-10-33-13-17;1-12-2-5-15(24)9-17(12)23(32)28-10-14-4-3-13(8-18(14)25)20-19(22(27)31)21(26)30(29-20)16-6-7-33-11-16/h4-5,8-12,16H,2-3,6-7,13,26H2,1H3,(H2,27,31)(H,28,32);2-3,5,7-9,11,17H,4,6,10,12-13,26H2,1H3,(H2,27,31)(H,28,32);2-5,8-9,16H,6-7,10-11,26H2,1H3,(H2,27,31)(H,28,32). The molecule has 0 spiro atoms. The number of halogens is 4. The minimum absolute atomic E-state index is 0.0119. The number of para-hydroxylation sites is 1. The molecule has 3 fully saturated rings. The van der Waals surface area contributed by atoms with E-state index in [1.165, 1.54) is 54.3 Å². The van der Waals surface area contributed by atoms with Gasteiger partial charge in [-0.2, -0.15) is 15.3 Å². The lowest BCUT2D eigenvalue weighted by molar-refractivity contribution is 0.0558. The zero-order valence-electron chi connectivity index (χ0n) is 54.5. The maximum atomic E-state index is 14.9. The summed E-state index contributed by atoms with van der Waals surface area (Å²) in [5, 5.41) is 21.5. The molecule has 3 aliphatic rings. The highest BCUT2D eigenvalue weighted by molar-refractivity contribution is 6.05. The number of carbonyl (C=O) groups excluding carboxylic acids is 6. The van der Waals surface area contributed by atoms with Crippen LogP contribution >= 0.6 is 0 Å². The Balaban J connectivity index is 0.000000161. The van der Waals surface area contributed by atoms with Crippen molar-refractivity contribution in [3.05, 3.63) is 206 Å². The number of benzene rings is 6. The van der Waals surface area contributed by atoms with Crippen LogP contribution in [0.2, 0.25) is 0 Å². The maximum absolute atomic E-state index is 14.9. The number of aryl methyl sites for hydroxylation is 2. The number of nitrogens with zero attached hydrogens (tertiary/aromatic N) is 6. The van der Waals surface area contributed by atoms with Crippen molar-refractivity contribution >= 4 is 52.9 Å². The lowest BCUT2D eigenvalue weighted by Gasteiger charge is -2.23. The van der Waals surface area contributed by atoms with Gasteiger partial charge in [0.05, 0.1) is 44.0 Å². The van der Waals surface area contributed by atoms with Crippen molar-refractivity contribution in [3.8, 4) is 39.5 Å². The van der Waals surface area contributed by atoms with Crippen LogP contribution in [-0.4, -0.2) is 98.3 Å². The molecule has 0 bridgehead atoms. The summed E-state index contributed by atoms with van der Waals surface area (Å²) in [6.07, 6.45) is 6.32. The largest absolute Gasteiger partial charge is 0.496 e. The van der Waals surface area contributed by atoms with Crippen LogP contribution < -0.4 is 55.1 Å². The maximum Gasteiger partial charge on any atom is 0.255 e. The molecule has 2 unspecified atom stereocenters. The monoisotopic (exact) mass is 1360 g/mol. The van der Waals surface area contributed by atoms with E-state index in [0.29, 0.717) is 83.2 Å². The second-order valence-corrected chi connectivity index (χ2v) is 24.0. The molecule has 3 aromatic heterocycles. The average molecular weight is 1360 g/mol. The molecule has 6 aromatic carbocycles. The van der Waals surface area contributed by atoms with Crippen LogP contribution in [0.1, 0.15) is 153 Å². The number of nitrogen functional groups attached to an aromatic ring is 3. The van der Waals surface area contributed by atoms with Crippen molar-refractivity contribution in [1.82, 2.24) is 45.3 Å². The Labute approximate surface area is 566 Å². The van der Waals surface area contributed by atoms with Gasteiger partial charge in [-0.3, -0.25) is 28.8 Å². The molecular weight excluding hydrogens is 1280 g/mol. The van der Waals surface area contributed by atoms with E-state index >= 15 is 0 Å². The molecule has 1 saturated carbocycles. The summed E-state index contributed by atoms with van der Waals surface area (Å²) in [5.41, 5.74) is 40.6. The molecule has 99 heavy (non-hydrogen) atoms.